The van der Waals surface area contributed by atoms with E-state index in [-0.39, 0.29) is 29.1 Å². The summed E-state index contributed by atoms with van der Waals surface area (Å²) in [6, 6.07) is -0.240. The molecule has 0 aliphatic carbocycles. The molecule has 1 fully saturated rings. The molecule has 20 heavy (non-hydrogen) atoms. The maximum absolute atomic E-state index is 12.5. The summed E-state index contributed by atoms with van der Waals surface area (Å²) < 4.78 is 23.2. The van der Waals surface area contributed by atoms with Crippen molar-refractivity contribution in [1.82, 2.24) is 14.9 Å². The Hall–Kier alpha value is -1.50. The first-order valence-corrected chi connectivity index (χ1v) is 8.55. The number of aromatic nitrogens is 2. The van der Waals surface area contributed by atoms with Crippen LogP contribution in [0.4, 0.5) is 0 Å². The van der Waals surface area contributed by atoms with Gasteiger partial charge in [-0.2, -0.15) is 0 Å². The minimum absolute atomic E-state index is 0.0536. The molecule has 110 valence electrons. The lowest BCUT2D eigenvalue weighted by Gasteiger charge is -2.27. The first kappa shape index (κ1) is 14.9. The van der Waals surface area contributed by atoms with Crippen LogP contribution in [0.15, 0.2) is 12.4 Å². The van der Waals surface area contributed by atoms with Crippen molar-refractivity contribution in [3.63, 3.8) is 0 Å². The number of aryl methyl sites for hydroxylation is 1. The lowest BCUT2D eigenvalue weighted by molar-refractivity contribution is 0.0690. The topological polar surface area (TPSA) is 80.2 Å². The van der Waals surface area contributed by atoms with E-state index in [4.69, 9.17) is 0 Å². The summed E-state index contributed by atoms with van der Waals surface area (Å²) in [5.41, 5.74) is 1.01. The van der Waals surface area contributed by atoms with Gasteiger partial charge in [-0.3, -0.25) is 9.78 Å². The summed E-state index contributed by atoms with van der Waals surface area (Å²) in [4.78, 5) is 22.3. The van der Waals surface area contributed by atoms with Crippen LogP contribution in [0.2, 0.25) is 0 Å². The number of hydrogen-bond donors (Lipinski definition) is 0. The number of sulfone groups is 1. The number of rotatable bonds is 4. The van der Waals surface area contributed by atoms with Gasteiger partial charge >= 0.3 is 0 Å². The fourth-order valence-electron chi connectivity index (χ4n) is 2.36. The van der Waals surface area contributed by atoms with E-state index < -0.39 is 9.84 Å². The lowest BCUT2D eigenvalue weighted by atomic mass is 10.2. The monoisotopic (exact) mass is 297 g/mol. The third-order valence-electron chi connectivity index (χ3n) is 3.37. The van der Waals surface area contributed by atoms with Crippen molar-refractivity contribution in [2.45, 2.75) is 32.7 Å². The molecule has 1 saturated heterocycles. The van der Waals surface area contributed by atoms with Gasteiger partial charge in [-0.05, 0) is 19.8 Å². The standard InChI is InChI=1S/C13H19N3O3S/c1-3-5-16(11-4-6-20(18,19)9-11)13(17)12-8-14-10(2)7-15-12/h7-8,11H,3-6,9H2,1-2H3. The molecule has 0 spiro atoms. The van der Waals surface area contributed by atoms with Crippen LogP contribution in [0.25, 0.3) is 0 Å². The van der Waals surface area contributed by atoms with E-state index in [0.29, 0.717) is 13.0 Å². The van der Waals surface area contributed by atoms with Crippen LogP contribution in [0.5, 0.6) is 0 Å². The van der Waals surface area contributed by atoms with Gasteiger partial charge < -0.3 is 4.90 Å². The summed E-state index contributed by atoms with van der Waals surface area (Å²) in [7, 11) is -3.01. The van der Waals surface area contributed by atoms with Gasteiger partial charge in [0.2, 0.25) is 0 Å². The number of amides is 1. The molecule has 0 radical (unpaired) electrons. The average Bonchev–Trinajstić information content (AvgIpc) is 2.76. The zero-order valence-electron chi connectivity index (χ0n) is 11.7. The van der Waals surface area contributed by atoms with Crippen molar-refractivity contribution < 1.29 is 13.2 Å². The molecular formula is C13H19N3O3S. The Morgan fingerprint density at radius 1 is 1.40 bits per heavy atom. The first-order chi connectivity index (χ1) is 9.43. The predicted molar refractivity (Wildman–Crippen MR) is 75.2 cm³/mol. The van der Waals surface area contributed by atoms with E-state index in [0.717, 1.165) is 12.1 Å². The summed E-state index contributed by atoms with van der Waals surface area (Å²) >= 11 is 0. The third-order valence-corrected chi connectivity index (χ3v) is 5.12. The fraction of sp³-hybridized carbons (Fsp3) is 0.615. The SMILES string of the molecule is CCCN(C(=O)c1cnc(C)cn1)C1CCS(=O)(=O)C1. The van der Waals surface area contributed by atoms with Crippen LogP contribution < -0.4 is 0 Å². The first-order valence-electron chi connectivity index (χ1n) is 6.73. The normalized spacial score (nSPS) is 20.8. The van der Waals surface area contributed by atoms with E-state index in [9.17, 15) is 13.2 Å². The largest absolute Gasteiger partial charge is 0.333 e. The Kier molecular flexibility index (Phi) is 4.37. The van der Waals surface area contributed by atoms with Gasteiger partial charge in [-0.25, -0.2) is 13.4 Å². The van der Waals surface area contributed by atoms with Gasteiger partial charge in [-0.1, -0.05) is 6.92 Å². The molecule has 0 saturated carbocycles. The Balaban J connectivity index is 2.20. The van der Waals surface area contributed by atoms with Crippen LogP contribution in [-0.2, 0) is 9.84 Å². The van der Waals surface area contributed by atoms with E-state index in [1.54, 1.807) is 18.0 Å². The second kappa shape index (κ2) is 5.87. The Morgan fingerprint density at radius 3 is 2.65 bits per heavy atom. The van der Waals surface area contributed by atoms with Gasteiger partial charge in [0.05, 0.1) is 23.4 Å². The summed E-state index contributed by atoms with van der Waals surface area (Å²) in [6.07, 6.45) is 4.28. The number of carbonyl (C=O) groups excluding carboxylic acids is 1. The van der Waals surface area contributed by atoms with Gasteiger partial charge in [0.1, 0.15) is 5.69 Å². The number of carbonyl (C=O) groups is 1. The van der Waals surface area contributed by atoms with Crippen molar-refractivity contribution in [2.75, 3.05) is 18.1 Å². The molecule has 1 aliphatic heterocycles. The highest BCUT2D eigenvalue weighted by molar-refractivity contribution is 7.91. The van der Waals surface area contributed by atoms with Gasteiger partial charge in [-0.15, -0.1) is 0 Å². The third kappa shape index (κ3) is 3.33. The highest BCUT2D eigenvalue weighted by Gasteiger charge is 2.34. The highest BCUT2D eigenvalue weighted by atomic mass is 32.2. The minimum atomic E-state index is -3.01. The van der Waals surface area contributed by atoms with Crippen LogP contribution >= 0.6 is 0 Å². The molecule has 1 aliphatic rings. The van der Waals surface area contributed by atoms with Crippen LogP contribution in [0.1, 0.15) is 35.9 Å². The molecule has 0 aromatic carbocycles. The van der Waals surface area contributed by atoms with Gasteiger partial charge in [0.25, 0.3) is 5.91 Å². The van der Waals surface area contributed by atoms with Crippen molar-refractivity contribution in [1.29, 1.82) is 0 Å². The van der Waals surface area contributed by atoms with E-state index >= 15 is 0 Å². The van der Waals surface area contributed by atoms with Crippen molar-refractivity contribution in [3.8, 4) is 0 Å². The molecule has 1 unspecified atom stereocenters. The van der Waals surface area contributed by atoms with Gasteiger partial charge in [0.15, 0.2) is 9.84 Å². The molecule has 0 bridgehead atoms. The van der Waals surface area contributed by atoms with Crippen LogP contribution in [0.3, 0.4) is 0 Å². The van der Waals surface area contributed by atoms with E-state index in [1.807, 2.05) is 6.92 Å². The van der Waals surface area contributed by atoms with Crippen molar-refractivity contribution in [3.05, 3.63) is 23.8 Å². The highest BCUT2D eigenvalue weighted by Crippen LogP contribution is 2.19. The van der Waals surface area contributed by atoms with E-state index in [2.05, 4.69) is 9.97 Å². The average molecular weight is 297 g/mol. The second-order valence-corrected chi connectivity index (χ2v) is 7.33. The maximum Gasteiger partial charge on any atom is 0.274 e. The minimum Gasteiger partial charge on any atom is -0.333 e. The Labute approximate surface area is 119 Å². The molecule has 6 nitrogen and oxygen atoms in total. The predicted octanol–water partition coefficient (Wildman–Crippen LogP) is 0.824. The molecule has 0 N–H and O–H groups in total. The molecule has 1 amide bonds. The molecule has 1 aromatic rings. The smallest absolute Gasteiger partial charge is 0.274 e. The summed E-state index contributed by atoms with van der Waals surface area (Å²) in [5, 5.41) is 0. The zero-order valence-corrected chi connectivity index (χ0v) is 12.6. The molecule has 7 heteroatoms. The van der Waals surface area contributed by atoms with Gasteiger partial charge in [0, 0.05) is 18.8 Å². The van der Waals surface area contributed by atoms with Crippen molar-refractivity contribution >= 4 is 15.7 Å². The molecule has 2 heterocycles. The van der Waals surface area contributed by atoms with Crippen LogP contribution in [0, 0.1) is 6.92 Å². The van der Waals surface area contributed by atoms with Crippen LogP contribution in [-0.4, -0.2) is 53.3 Å². The number of hydrogen-bond acceptors (Lipinski definition) is 5. The fourth-order valence-corrected chi connectivity index (χ4v) is 4.09. The Morgan fingerprint density at radius 2 is 2.15 bits per heavy atom. The molecular weight excluding hydrogens is 278 g/mol. The molecule has 2 rings (SSSR count). The summed E-state index contributed by atoms with van der Waals surface area (Å²) in [6.45, 7) is 4.30. The number of nitrogens with zero attached hydrogens (tertiary/aromatic N) is 3. The Bertz CT molecular complexity index is 583. The summed E-state index contributed by atoms with van der Waals surface area (Å²) in [5.74, 6) is -0.0237. The quantitative estimate of drug-likeness (QED) is 0.822. The maximum atomic E-state index is 12.5. The molecule has 1 atom stereocenters. The van der Waals surface area contributed by atoms with E-state index in [1.165, 1.54) is 6.20 Å². The zero-order chi connectivity index (χ0) is 14.8. The second-order valence-electron chi connectivity index (χ2n) is 5.10. The molecule has 1 aromatic heterocycles. The lowest BCUT2D eigenvalue weighted by Crippen LogP contribution is -2.42. The van der Waals surface area contributed by atoms with Crippen molar-refractivity contribution in [2.24, 2.45) is 0 Å².